The van der Waals surface area contributed by atoms with Gasteiger partial charge in [0.15, 0.2) is 0 Å². The molecule has 20 heteroatoms. The maximum Gasteiger partial charge on any atom is 0.345 e. The number of amides is 5. The van der Waals surface area contributed by atoms with Crippen molar-refractivity contribution in [2.75, 3.05) is 26.3 Å². The van der Waals surface area contributed by atoms with E-state index >= 15 is 0 Å². The second-order valence-electron chi connectivity index (χ2n) is 14.0. The summed E-state index contributed by atoms with van der Waals surface area (Å²) in [4.78, 5) is 73.1. The number of piperidine rings is 2. The van der Waals surface area contributed by atoms with Gasteiger partial charge < -0.3 is 19.4 Å². The van der Waals surface area contributed by atoms with Crippen molar-refractivity contribution in [1.29, 1.82) is 0 Å². The monoisotopic (exact) mass is 850 g/mol. The average Bonchev–Trinajstić information content (AvgIpc) is 3.65. The average molecular weight is 851 g/mol. The fourth-order valence-corrected chi connectivity index (χ4v) is 6.80. The summed E-state index contributed by atoms with van der Waals surface area (Å²) < 4.78 is 72.0. The van der Waals surface area contributed by atoms with Crippen molar-refractivity contribution in [2.45, 2.75) is 89.8 Å². The molecule has 4 saturated heterocycles. The molecular weight excluding hydrogens is 803 g/mol. The van der Waals surface area contributed by atoms with Gasteiger partial charge in [-0.05, 0) is 49.7 Å². The summed E-state index contributed by atoms with van der Waals surface area (Å²) in [6, 6.07) is 15.7. The summed E-state index contributed by atoms with van der Waals surface area (Å²) in [7, 11) is 0. The molecule has 3 aromatic carbocycles. The molecule has 4 aliphatic rings. The SMILES string of the molecule is CCCON.CCCONC(=O)[C@@H]1CC[C@@H]2CN1C(=O)N2OCc1ccccc1.O=C(Oc1c(F)c(F)c(F)c(F)c1F)[C@@H]1CC[C@@H]2CN1C(=O)N2OCc1ccccc1. The topological polar surface area (TPSA) is 165 Å². The number of fused-ring (bicyclic) bond motifs is 4. The first-order valence-corrected chi connectivity index (χ1v) is 19.4. The Morgan fingerprint density at radius 3 is 1.57 bits per heavy atom. The highest BCUT2D eigenvalue weighted by Gasteiger charge is 2.50. The minimum absolute atomic E-state index is 0.00169. The molecule has 4 atom stereocenters. The van der Waals surface area contributed by atoms with Crippen molar-refractivity contribution in [1.82, 2.24) is 25.4 Å². The standard InChI is InChI=1S/C20H15F5N2O4.C17H23N3O4.C3H9NO/c21-13-14(22)16(24)18(17(25)15(13)23)31-19(28)12-7-6-11-8-26(12)20(29)27(11)30-9-10-4-2-1-3-5-10;1-2-10-23-18-16(21)15-9-8-14-11-19(15)17(22)20(14)24-12-13-6-4-3-5-7-13;1-2-3-5-4/h1-5,11-12H,6-9H2;3-7,14-15H,2,8-12H2,1H3,(H,18,21);2-4H2,1H3/t11-,12+;14-,15+;/m11./s1. The number of nitrogens with one attached hydrogen (secondary N) is 1. The van der Waals surface area contributed by atoms with E-state index in [0.29, 0.717) is 39.2 Å². The Morgan fingerprint density at radius 2 is 1.12 bits per heavy atom. The van der Waals surface area contributed by atoms with E-state index in [9.17, 15) is 41.1 Å². The molecule has 3 N–H and O–H groups in total. The normalized spacial score (nSPS) is 20.3. The third-order valence-corrected chi connectivity index (χ3v) is 9.82. The summed E-state index contributed by atoms with van der Waals surface area (Å²) in [6.07, 6.45) is 3.54. The second kappa shape index (κ2) is 21.7. The quantitative estimate of drug-likeness (QED) is 0.0384. The first-order valence-electron chi connectivity index (χ1n) is 19.4. The zero-order chi connectivity index (χ0) is 43.3. The van der Waals surface area contributed by atoms with E-state index in [0.717, 1.165) is 40.4 Å². The largest absolute Gasteiger partial charge is 0.418 e. The van der Waals surface area contributed by atoms with Gasteiger partial charge in [-0.25, -0.2) is 38.9 Å². The van der Waals surface area contributed by atoms with E-state index in [4.69, 9.17) is 14.5 Å². The van der Waals surface area contributed by atoms with E-state index in [2.05, 4.69) is 21.0 Å². The van der Waals surface area contributed by atoms with Gasteiger partial charge in [0.05, 0.1) is 25.3 Å². The van der Waals surface area contributed by atoms with Crippen LogP contribution in [0.4, 0.5) is 31.5 Å². The maximum atomic E-state index is 13.8. The highest BCUT2D eigenvalue weighted by molar-refractivity contribution is 5.88. The van der Waals surface area contributed by atoms with Gasteiger partial charge in [-0.2, -0.15) is 18.9 Å². The number of rotatable bonds is 14. The number of carbonyl (C=O) groups excluding carboxylic acids is 4. The van der Waals surface area contributed by atoms with Gasteiger partial charge in [0.2, 0.25) is 34.8 Å². The Morgan fingerprint density at radius 1 is 0.667 bits per heavy atom. The van der Waals surface area contributed by atoms with Crippen LogP contribution in [0.5, 0.6) is 5.75 Å². The lowest BCUT2D eigenvalue weighted by Gasteiger charge is -2.28. The maximum absolute atomic E-state index is 13.8. The molecule has 0 aliphatic carbocycles. The summed E-state index contributed by atoms with van der Waals surface area (Å²) >= 11 is 0. The fourth-order valence-electron chi connectivity index (χ4n) is 6.80. The Balaban J connectivity index is 0.000000210. The van der Waals surface area contributed by atoms with Gasteiger partial charge in [0.1, 0.15) is 25.3 Å². The fraction of sp³-hybridized carbons (Fsp3) is 0.450. The Kier molecular flexibility index (Phi) is 16.5. The van der Waals surface area contributed by atoms with E-state index in [1.165, 1.54) is 5.06 Å². The van der Waals surface area contributed by atoms with Crippen LogP contribution in [0.1, 0.15) is 63.5 Å². The Labute approximate surface area is 342 Å². The number of nitrogens with zero attached hydrogens (tertiary/aromatic N) is 4. The summed E-state index contributed by atoms with van der Waals surface area (Å²) in [5.74, 6) is -9.99. The number of ether oxygens (including phenoxy) is 1. The molecule has 4 fully saturated rings. The van der Waals surface area contributed by atoms with Crippen LogP contribution in [-0.2, 0) is 42.2 Å². The van der Waals surface area contributed by atoms with Crippen LogP contribution in [-0.4, -0.2) is 94.3 Å². The molecule has 0 aromatic heterocycles. The highest BCUT2D eigenvalue weighted by atomic mass is 19.2. The number of urea groups is 2. The molecule has 5 amide bonds. The molecular formula is C40H47F5N6O9. The van der Waals surface area contributed by atoms with E-state index < -0.39 is 58.9 Å². The summed E-state index contributed by atoms with van der Waals surface area (Å²) in [6.45, 7) is 6.14. The first kappa shape index (κ1) is 45.7. The van der Waals surface area contributed by atoms with Gasteiger partial charge in [-0.1, -0.05) is 74.5 Å². The molecule has 4 heterocycles. The number of nitrogens with two attached hydrogens (primary N) is 1. The van der Waals surface area contributed by atoms with Crippen LogP contribution in [0.2, 0.25) is 0 Å². The number of halogens is 5. The van der Waals surface area contributed by atoms with Gasteiger partial charge in [0, 0.05) is 13.1 Å². The lowest BCUT2D eigenvalue weighted by molar-refractivity contribution is -0.142. The predicted octanol–water partition coefficient (Wildman–Crippen LogP) is 5.82. The number of esters is 1. The number of benzene rings is 3. The van der Waals surface area contributed by atoms with Crippen molar-refractivity contribution in [3.63, 3.8) is 0 Å². The number of hydrogen-bond donors (Lipinski definition) is 2. The Hall–Kier alpha value is -5.41. The zero-order valence-electron chi connectivity index (χ0n) is 33.0. The second-order valence-corrected chi connectivity index (χ2v) is 14.0. The molecule has 0 saturated carbocycles. The van der Waals surface area contributed by atoms with Gasteiger partial charge >= 0.3 is 18.0 Å². The van der Waals surface area contributed by atoms with Crippen molar-refractivity contribution in [3.8, 4) is 5.75 Å². The molecule has 15 nitrogen and oxygen atoms in total. The van der Waals surface area contributed by atoms with Gasteiger partial charge in [0.25, 0.3) is 5.91 Å². The van der Waals surface area contributed by atoms with Crippen LogP contribution in [0.25, 0.3) is 0 Å². The van der Waals surface area contributed by atoms with Crippen molar-refractivity contribution in [3.05, 3.63) is 101 Å². The lowest BCUT2D eigenvalue weighted by Crippen LogP contribution is -2.49. The van der Waals surface area contributed by atoms with Crippen molar-refractivity contribution < 1.29 is 65.2 Å². The van der Waals surface area contributed by atoms with Crippen LogP contribution in [0.15, 0.2) is 60.7 Å². The molecule has 3 aromatic rings. The minimum Gasteiger partial charge on any atom is -0.418 e. The van der Waals surface area contributed by atoms with E-state index in [1.54, 1.807) is 29.2 Å². The lowest BCUT2D eigenvalue weighted by atomic mass is 10.0. The van der Waals surface area contributed by atoms with E-state index in [1.807, 2.05) is 50.2 Å². The zero-order valence-corrected chi connectivity index (χ0v) is 33.0. The minimum atomic E-state index is -2.36. The molecule has 326 valence electrons. The Bertz CT molecular complexity index is 1910. The number of hydroxylamine groups is 5. The third kappa shape index (κ3) is 10.8. The number of hydrogen-bond acceptors (Lipinski definition) is 10. The molecule has 4 aliphatic heterocycles. The smallest absolute Gasteiger partial charge is 0.345 e. The predicted molar refractivity (Wildman–Crippen MR) is 201 cm³/mol. The van der Waals surface area contributed by atoms with Gasteiger partial charge in [-0.3, -0.25) is 19.3 Å². The number of carbonyl (C=O) groups is 4. The molecule has 0 radical (unpaired) electrons. The van der Waals surface area contributed by atoms with Crippen LogP contribution >= 0.6 is 0 Å². The van der Waals surface area contributed by atoms with Crippen LogP contribution in [0, 0.1) is 29.1 Å². The van der Waals surface area contributed by atoms with Crippen LogP contribution in [0.3, 0.4) is 0 Å². The summed E-state index contributed by atoms with van der Waals surface area (Å²) in [5.41, 5.74) is 4.25. The molecule has 0 unspecified atom stereocenters. The highest BCUT2D eigenvalue weighted by Crippen LogP contribution is 2.34. The van der Waals surface area contributed by atoms with Gasteiger partial charge in [-0.15, -0.1) is 0 Å². The van der Waals surface area contributed by atoms with E-state index in [-0.39, 0.29) is 43.6 Å². The van der Waals surface area contributed by atoms with Crippen LogP contribution < -0.4 is 16.1 Å². The van der Waals surface area contributed by atoms with Crippen molar-refractivity contribution in [2.24, 2.45) is 5.90 Å². The first-order chi connectivity index (χ1) is 28.9. The van der Waals surface area contributed by atoms with Crippen molar-refractivity contribution >= 4 is 23.9 Å². The molecule has 60 heavy (non-hydrogen) atoms. The third-order valence-electron chi connectivity index (χ3n) is 9.82. The molecule has 7 rings (SSSR count). The molecule has 4 bridgehead atoms. The molecule has 0 spiro atoms. The summed E-state index contributed by atoms with van der Waals surface area (Å²) in [5, 5.41) is 2.55.